The summed E-state index contributed by atoms with van der Waals surface area (Å²) >= 11 is 0. The number of pyridine rings is 1. The molecule has 0 radical (unpaired) electrons. The second-order valence-electron chi connectivity index (χ2n) is 6.17. The van der Waals surface area contributed by atoms with E-state index in [0.717, 1.165) is 31.2 Å². The maximum Gasteiger partial charge on any atom is 0.251 e. The van der Waals surface area contributed by atoms with Gasteiger partial charge in [0.25, 0.3) is 5.91 Å². The molecule has 1 saturated carbocycles. The second kappa shape index (κ2) is 7.76. The molecule has 3 rings (SSSR count). The number of nitrogens with one attached hydrogen (secondary N) is 2. The number of hydrogen-bond donors (Lipinski definition) is 2. The Hall–Kier alpha value is -2.25. The molecule has 1 amide bonds. The first-order chi connectivity index (χ1) is 12.0. The third kappa shape index (κ3) is 4.64. The Bertz CT molecular complexity index is 832. The van der Waals surface area contributed by atoms with E-state index < -0.39 is 10.0 Å². The zero-order valence-electron chi connectivity index (χ0n) is 13.8. The Labute approximate surface area is 147 Å². The molecule has 7 heteroatoms. The normalized spacial score (nSPS) is 15.2. The highest BCUT2D eigenvalue weighted by Gasteiger charge is 2.20. The fraction of sp³-hybridized carbons (Fsp3) is 0.333. The van der Waals surface area contributed by atoms with E-state index >= 15 is 0 Å². The van der Waals surface area contributed by atoms with Gasteiger partial charge in [-0.3, -0.25) is 9.78 Å². The third-order valence-corrected chi connectivity index (χ3v) is 5.68. The van der Waals surface area contributed by atoms with Gasteiger partial charge in [-0.05, 0) is 42.7 Å². The van der Waals surface area contributed by atoms with Crippen molar-refractivity contribution in [1.82, 2.24) is 15.0 Å². The SMILES string of the molecule is O=C(NC1CCCC1)c1cccc(S(=O)(=O)NCc2cccnc2)c1. The maximum atomic E-state index is 12.5. The van der Waals surface area contributed by atoms with Gasteiger partial charge in [0.15, 0.2) is 0 Å². The Morgan fingerprint density at radius 2 is 1.96 bits per heavy atom. The summed E-state index contributed by atoms with van der Waals surface area (Å²) in [4.78, 5) is 16.4. The monoisotopic (exact) mass is 359 g/mol. The maximum absolute atomic E-state index is 12.5. The van der Waals surface area contributed by atoms with Crippen LogP contribution in [0.1, 0.15) is 41.6 Å². The van der Waals surface area contributed by atoms with Crippen molar-refractivity contribution in [2.45, 2.75) is 43.2 Å². The van der Waals surface area contributed by atoms with Crippen molar-refractivity contribution < 1.29 is 13.2 Å². The number of benzene rings is 1. The van der Waals surface area contributed by atoms with Gasteiger partial charge in [0, 0.05) is 30.5 Å². The summed E-state index contributed by atoms with van der Waals surface area (Å²) in [6.07, 6.45) is 7.44. The van der Waals surface area contributed by atoms with Gasteiger partial charge in [0.05, 0.1) is 4.90 Å². The highest BCUT2D eigenvalue weighted by atomic mass is 32.2. The van der Waals surface area contributed by atoms with Crippen molar-refractivity contribution in [3.63, 3.8) is 0 Å². The van der Waals surface area contributed by atoms with Gasteiger partial charge in [0.2, 0.25) is 10.0 Å². The van der Waals surface area contributed by atoms with Crippen molar-refractivity contribution in [3.8, 4) is 0 Å². The molecule has 0 saturated heterocycles. The molecule has 25 heavy (non-hydrogen) atoms. The van der Waals surface area contributed by atoms with Gasteiger partial charge >= 0.3 is 0 Å². The number of carbonyl (C=O) groups excluding carboxylic acids is 1. The predicted octanol–water partition coefficient (Wildman–Crippen LogP) is 2.23. The van der Waals surface area contributed by atoms with Crippen LogP contribution in [0.3, 0.4) is 0 Å². The highest BCUT2D eigenvalue weighted by molar-refractivity contribution is 7.89. The summed E-state index contributed by atoms with van der Waals surface area (Å²) in [6.45, 7) is 0.147. The Balaban J connectivity index is 1.69. The fourth-order valence-electron chi connectivity index (χ4n) is 2.91. The van der Waals surface area contributed by atoms with Crippen molar-refractivity contribution in [2.75, 3.05) is 0 Å². The Morgan fingerprint density at radius 1 is 1.16 bits per heavy atom. The van der Waals surface area contributed by atoms with E-state index in [-0.39, 0.29) is 23.4 Å². The van der Waals surface area contributed by atoms with Gasteiger partial charge < -0.3 is 5.32 Å². The van der Waals surface area contributed by atoms with E-state index in [4.69, 9.17) is 0 Å². The summed E-state index contributed by atoms with van der Waals surface area (Å²) in [7, 11) is -3.70. The summed E-state index contributed by atoms with van der Waals surface area (Å²) in [6, 6.07) is 9.84. The zero-order chi connectivity index (χ0) is 17.7. The molecule has 0 spiro atoms. The van der Waals surface area contributed by atoms with Gasteiger partial charge in [-0.2, -0.15) is 0 Å². The van der Waals surface area contributed by atoms with Crippen molar-refractivity contribution >= 4 is 15.9 Å². The largest absolute Gasteiger partial charge is 0.349 e. The van der Waals surface area contributed by atoms with Crippen molar-refractivity contribution in [1.29, 1.82) is 0 Å². The van der Waals surface area contributed by atoms with E-state index in [1.165, 1.54) is 12.1 Å². The number of hydrogen-bond acceptors (Lipinski definition) is 4. The number of amides is 1. The molecule has 1 aromatic carbocycles. The number of rotatable bonds is 6. The van der Waals surface area contributed by atoms with Gasteiger partial charge in [-0.25, -0.2) is 13.1 Å². The minimum Gasteiger partial charge on any atom is -0.349 e. The lowest BCUT2D eigenvalue weighted by Gasteiger charge is -2.13. The second-order valence-corrected chi connectivity index (χ2v) is 7.94. The molecule has 1 aliphatic rings. The smallest absolute Gasteiger partial charge is 0.251 e. The first-order valence-corrected chi connectivity index (χ1v) is 9.82. The van der Waals surface area contributed by atoms with Crippen LogP contribution in [0.5, 0.6) is 0 Å². The van der Waals surface area contributed by atoms with Crippen LogP contribution in [0.15, 0.2) is 53.7 Å². The summed E-state index contributed by atoms with van der Waals surface area (Å²) < 4.78 is 27.5. The van der Waals surface area contributed by atoms with Crippen LogP contribution >= 0.6 is 0 Å². The van der Waals surface area contributed by atoms with E-state index in [2.05, 4.69) is 15.0 Å². The first kappa shape index (κ1) is 17.6. The number of aromatic nitrogens is 1. The van der Waals surface area contributed by atoms with Gasteiger partial charge in [-0.15, -0.1) is 0 Å². The third-order valence-electron chi connectivity index (χ3n) is 4.29. The molecule has 0 unspecified atom stereocenters. The van der Waals surface area contributed by atoms with Crippen LogP contribution in [-0.4, -0.2) is 25.4 Å². The average molecular weight is 359 g/mol. The minimum atomic E-state index is -3.70. The predicted molar refractivity (Wildman–Crippen MR) is 94.4 cm³/mol. The molecule has 1 fully saturated rings. The fourth-order valence-corrected chi connectivity index (χ4v) is 3.97. The van der Waals surface area contributed by atoms with Crippen LogP contribution in [-0.2, 0) is 16.6 Å². The van der Waals surface area contributed by atoms with E-state index in [9.17, 15) is 13.2 Å². The van der Waals surface area contributed by atoms with E-state index in [1.54, 1.807) is 36.7 Å². The molecule has 132 valence electrons. The van der Waals surface area contributed by atoms with Gasteiger partial charge in [-0.1, -0.05) is 25.0 Å². The van der Waals surface area contributed by atoms with E-state index in [0.29, 0.717) is 5.56 Å². The lowest BCUT2D eigenvalue weighted by molar-refractivity contribution is 0.0937. The number of carbonyl (C=O) groups is 1. The van der Waals surface area contributed by atoms with Crippen LogP contribution in [0, 0.1) is 0 Å². The zero-order valence-corrected chi connectivity index (χ0v) is 14.6. The molecular formula is C18H21N3O3S. The molecule has 1 aliphatic carbocycles. The molecule has 2 aromatic rings. The lowest BCUT2D eigenvalue weighted by atomic mass is 10.2. The number of nitrogens with zero attached hydrogens (tertiary/aromatic N) is 1. The number of sulfonamides is 1. The average Bonchev–Trinajstić information content (AvgIpc) is 3.14. The molecule has 1 aromatic heterocycles. The summed E-state index contributed by atoms with van der Waals surface area (Å²) in [5, 5.41) is 2.97. The molecular weight excluding hydrogens is 338 g/mol. The van der Waals surface area contributed by atoms with Gasteiger partial charge in [0.1, 0.15) is 0 Å². The summed E-state index contributed by atoms with van der Waals surface area (Å²) in [5.41, 5.74) is 1.12. The van der Waals surface area contributed by atoms with Crippen molar-refractivity contribution in [2.24, 2.45) is 0 Å². The quantitative estimate of drug-likeness (QED) is 0.828. The standard InChI is InChI=1S/C18H21N3O3S/c22-18(21-16-7-1-2-8-16)15-6-3-9-17(11-15)25(23,24)20-13-14-5-4-10-19-12-14/h3-6,9-12,16,20H,1-2,7-8,13H2,(H,21,22). The van der Waals surface area contributed by atoms with Crippen LogP contribution in [0.4, 0.5) is 0 Å². The lowest BCUT2D eigenvalue weighted by Crippen LogP contribution is -2.32. The van der Waals surface area contributed by atoms with Crippen LogP contribution in [0.25, 0.3) is 0 Å². The Kier molecular flexibility index (Phi) is 5.45. The topological polar surface area (TPSA) is 88.2 Å². The molecule has 2 N–H and O–H groups in total. The molecule has 0 atom stereocenters. The van der Waals surface area contributed by atoms with Crippen LogP contribution in [0.2, 0.25) is 0 Å². The van der Waals surface area contributed by atoms with Crippen LogP contribution < -0.4 is 10.0 Å². The molecule has 0 bridgehead atoms. The molecule has 1 heterocycles. The van der Waals surface area contributed by atoms with E-state index in [1.807, 2.05) is 0 Å². The highest BCUT2D eigenvalue weighted by Crippen LogP contribution is 2.19. The van der Waals surface area contributed by atoms with Crippen molar-refractivity contribution in [3.05, 3.63) is 59.9 Å². The molecule has 6 nitrogen and oxygen atoms in total. The Morgan fingerprint density at radius 3 is 2.68 bits per heavy atom. The summed E-state index contributed by atoms with van der Waals surface area (Å²) in [5.74, 6) is -0.226. The first-order valence-electron chi connectivity index (χ1n) is 8.34. The minimum absolute atomic E-state index is 0.0791. The molecule has 0 aliphatic heterocycles.